The lowest BCUT2D eigenvalue weighted by Gasteiger charge is -2.43. The number of thioether (sulfide) groups is 1. The highest BCUT2D eigenvalue weighted by Crippen LogP contribution is 2.33. The molecule has 2 N–H and O–H groups in total. The largest absolute Gasteiger partial charge is 0.379 e. The first-order valence-electron chi connectivity index (χ1n) is 10.5. The molecule has 1 atom stereocenters. The maximum Gasteiger partial charge on any atom is 0.191 e. The van der Waals surface area contributed by atoms with Gasteiger partial charge in [-0.15, -0.1) is 24.0 Å². The fourth-order valence-corrected chi connectivity index (χ4v) is 5.56. The van der Waals surface area contributed by atoms with E-state index in [1.807, 2.05) is 18.8 Å². The summed E-state index contributed by atoms with van der Waals surface area (Å²) in [4.78, 5) is 7.00. The van der Waals surface area contributed by atoms with Crippen LogP contribution in [0, 0.1) is 0 Å². The van der Waals surface area contributed by atoms with Crippen LogP contribution in [0.3, 0.4) is 0 Å². The van der Waals surface area contributed by atoms with Crippen LogP contribution in [0.2, 0.25) is 0 Å². The lowest BCUT2D eigenvalue weighted by atomic mass is 9.95. The summed E-state index contributed by atoms with van der Waals surface area (Å²) in [5, 5.41) is 11.2. The van der Waals surface area contributed by atoms with Crippen molar-refractivity contribution in [2.24, 2.45) is 4.99 Å². The van der Waals surface area contributed by atoms with Crippen LogP contribution in [-0.4, -0.2) is 73.0 Å². The van der Waals surface area contributed by atoms with E-state index in [1.54, 1.807) is 0 Å². The first-order valence-corrected chi connectivity index (χ1v) is 11.7. The maximum atomic E-state index is 5.55. The van der Waals surface area contributed by atoms with Crippen LogP contribution in [-0.2, 0) is 11.3 Å². The monoisotopic (exact) mass is 537 g/mol. The maximum absolute atomic E-state index is 5.55. The molecule has 1 aromatic rings. The van der Waals surface area contributed by atoms with Crippen molar-refractivity contribution in [3.05, 3.63) is 17.5 Å². The van der Waals surface area contributed by atoms with Gasteiger partial charge in [-0.1, -0.05) is 19.0 Å². The molecule has 0 amide bonds. The van der Waals surface area contributed by atoms with Gasteiger partial charge in [-0.05, 0) is 25.0 Å². The van der Waals surface area contributed by atoms with E-state index in [1.165, 1.54) is 12.2 Å². The summed E-state index contributed by atoms with van der Waals surface area (Å²) in [7, 11) is 1.82. The van der Waals surface area contributed by atoms with Gasteiger partial charge in [-0.25, -0.2) is 0 Å². The third-order valence-corrected chi connectivity index (χ3v) is 7.22. The molecule has 3 heterocycles. The Hall–Kier alpha value is -0.520. The van der Waals surface area contributed by atoms with E-state index < -0.39 is 0 Å². The number of nitrogens with one attached hydrogen (secondary N) is 2. The standard InChI is InChI=1S/C20H35N5O2S.HI/c1-4-16(5-2)18-12-17(27-24-18)13-22-19(21-3)23-14-20(6-11-28-15-20)25-7-9-26-10-8-25;/h12,16H,4-11,13-15H2,1-3H3,(H2,21,22,23);1H. The minimum absolute atomic E-state index is 0. The number of aromatic nitrogens is 1. The van der Waals surface area contributed by atoms with Crippen LogP contribution in [0.25, 0.3) is 0 Å². The number of aliphatic imine (C=N–C) groups is 1. The predicted octanol–water partition coefficient (Wildman–Crippen LogP) is 3.07. The molecule has 0 radical (unpaired) electrons. The number of guanidine groups is 1. The fraction of sp³-hybridized carbons (Fsp3) is 0.800. The van der Waals surface area contributed by atoms with E-state index in [2.05, 4.69) is 45.6 Å². The molecular formula is C20H36IN5O2S. The molecule has 0 aromatic carbocycles. The van der Waals surface area contributed by atoms with Crippen LogP contribution in [0.5, 0.6) is 0 Å². The van der Waals surface area contributed by atoms with Crippen molar-refractivity contribution in [2.45, 2.75) is 51.1 Å². The summed E-state index contributed by atoms with van der Waals surface area (Å²) < 4.78 is 11.1. The lowest BCUT2D eigenvalue weighted by molar-refractivity contribution is -0.0120. The molecular weight excluding hydrogens is 501 g/mol. The minimum Gasteiger partial charge on any atom is -0.379 e. The van der Waals surface area contributed by atoms with Crippen LogP contribution in [0.15, 0.2) is 15.6 Å². The van der Waals surface area contributed by atoms with Gasteiger partial charge < -0.3 is 19.9 Å². The quantitative estimate of drug-likeness (QED) is 0.300. The molecule has 0 bridgehead atoms. The highest BCUT2D eigenvalue weighted by atomic mass is 127. The third kappa shape index (κ3) is 6.48. The molecule has 3 rings (SSSR count). The van der Waals surface area contributed by atoms with Gasteiger partial charge in [0.05, 0.1) is 25.5 Å². The number of halogens is 1. The second-order valence-corrected chi connectivity index (χ2v) is 8.74. The zero-order valence-electron chi connectivity index (χ0n) is 17.9. The van der Waals surface area contributed by atoms with Crippen molar-refractivity contribution in [1.29, 1.82) is 0 Å². The predicted molar refractivity (Wildman–Crippen MR) is 131 cm³/mol. The Labute approximate surface area is 196 Å². The van der Waals surface area contributed by atoms with Crippen LogP contribution in [0.4, 0.5) is 0 Å². The third-order valence-electron chi connectivity index (χ3n) is 5.98. The first-order chi connectivity index (χ1) is 13.7. The van der Waals surface area contributed by atoms with E-state index in [9.17, 15) is 0 Å². The first kappa shape index (κ1) is 24.7. The van der Waals surface area contributed by atoms with E-state index >= 15 is 0 Å². The van der Waals surface area contributed by atoms with Gasteiger partial charge in [0.2, 0.25) is 0 Å². The van der Waals surface area contributed by atoms with E-state index in [0.717, 1.165) is 68.9 Å². The molecule has 7 nitrogen and oxygen atoms in total. The number of ether oxygens (including phenoxy) is 1. The topological polar surface area (TPSA) is 74.9 Å². The zero-order chi connectivity index (χ0) is 19.8. The Morgan fingerprint density at radius 1 is 1.31 bits per heavy atom. The van der Waals surface area contributed by atoms with Crippen molar-refractivity contribution in [2.75, 3.05) is 51.4 Å². The second kappa shape index (κ2) is 12.4. The lowest BCUT2D eigenvalue weighted by Crippen LogP contribution is -2.60. The smallest absolute Gasteiger partial charge is 0.191 e. The van der Waals surface area contributed by atoms with Crippen LogP contribution >= 0.6 is 35.7 Å². The Morgan fingerprint density at radius 3 is 2.69 bits per heavy atom. The van der Waals surface area contributed by atoms with Crippen LogP contribution < -0.4 is 10.6 Å². The van der Waals surface area contributed by atoms with Gasteiger partial charge >= 0.3 is 0 Å². The summed E-state index contributed by atoms with van der Waals surface area (Å²) in [6.45, 7) is 9.58. The molecule has 0 aliphatic carbocycles. The number of morpholine rings is 1. The highest BCUT2D eigenvalue weighted by molar-refractivity contribution is 14.0. The van der Waals surface area contributed by atoms with Gasteiger partial charge in [-0.2, -0.15) is 11.8 Å². The number of hydrogen-bond donors (Lipinski definition) is 2. The van der Waals surface area contributed by atoms with Crippen LogP contribution in [0.1, 0.15) is 50.5 Å². The fourth-order valence-electron chi connectivity index (χ4n) is 4.09. The molecule has 166 valence electrons. The summed E-state index contributed by atoms with van der Waals surface area (Å²) in [5.41, 5.74) is 1.25. The average Bonchev–Trinajstić information content (AvgIpc) is 3.41. The summed E-state index contributed by atoms with van der Waals surface area (Å²) in [5.74, 6) is 4.53. The normalized spacial score (nSPS) is 23.2. The van der Waals surface area contributed by atoms with Gasteiger partial charge in [-0.3, -0.25) is 9.89 Å². The minimum atomic E-state index is 0. The van der Waals surface area contributed by atoms with Crippen molar-refractivity contribution < 1.29 is 9.26 Å². The molecule has 0 spiro atoms. The van der Waals surface area contributed by atoms with Gasteiger partial charge in [0, 0.05) is 50.0 Å². The molecule has 1 aromatic heterocycles. The second-order valence-electron chi connectivity index (χ2n) is 7.64. The molecule has 2 aliphatic heterocycles. The summed E-state index contributed by atoms with van der Waals surface area (Å²) in [6, 6.07) is 2.07. The van der Waals surface area contributed by atoms with Crippen molar-refractivity contribution in [1.82, 2.24) is 20.7 Å². The molecule has 9 heteroatoms. The molecule has 29 heavy (non-hydrogen) atoms. The molecule has 2 aliphatic rings. The summed E-state index contributed by atoms with van der Waals surface area (Å²) >= 11 is 2.05. The Bertz CT molecular complexity index is 626. The van der Waals surface area contributed by atoms with E-state index in [4.69, 9.17) is 9.26 Å². The SMILES string of the molecule is CCC(CC)c1cc(CNC(=NC)NCC2(N3CCOCC3)CCSC2)on1.I. The Balaban J connectivity index is 0.00000300. The molecule has 1 unspecified atom stereocenters. The van der Waals surface area contributed by atoms with E-state index in [-0.39, 0.29) is 29.5 Å². The number of rotatable bonds is 8. The highest BCUT2D eigenvalue weighted by Gasteiger charge is 2.40. The van der Waals surface area contributed by atoms with Crippen molar-refractivity contribution >= 4 is 41.7 Å². The zero-order valence-corrected chi connectivity index (χ0v) is 21.1. The van der Waals surface area contributed by atoms with E-state index in [0.29, 0.717) is 12.5 Å². The summed E-state index contributed by atoms with van der Waals surface area (Å²) in [6.07, 6.45) is 3.38. The Morgan fingerprint density at radius 2 is 2.07 bits per heavy atom. The Kier molecular flexibility index (Phi) is 10.5. The van der Waals surface area contributed by atoms with Gasteiger partial charge in [0.1, 0.15) is 0 Å². The molecule has 2 saturated heterocycles. The average molecular weight is 538 g/mol. The van der Waals surface area contributed by atoms with Crippen molar-refractivity contribution in [3.63, 3.8) is 0 Å². The van der Waals surface area contributed by atoms with Crippen molar-refractivity contribution in [3.8, 4) is 0 Å². The van der Waals surface area contributed by atoms with Gasteiger partial charge in [0.15, 0.2) is 11.7 Å². The van der Waals surface area contributed by atoms with Gasteiger partial charge in [0.25, 0.3) is 0 Å². The molecule has 2 fully saturated rings. The number of nitrogens with zero attached hydrogens (tertiary/aromatic N) is 3. The number of hydrogen-bond acceptors (Lipinski definition) is 6. The molecule has 0 saturated carbocycles.